The summed E-state index contributed by atoms with van der Waals surface area (Å²) >= 11 is 0. The molecule has 0 saturated heterocycles. The molecule has 0 unspecified atom stereocenters. The summed E-state index contributed by atoms with van der Waals surface area (Å²) in [5.74, 6) is 10.0. The van der Waals surface area contributed by atoms with E-state index in [1.165, 1.54) is 6.08 Å². The predicted octanol–water partition coefficient (Wildman–Crippen LogP) is -1.09. The van der Waals surface area contributed by atoms with Gasteiger partial charge in [-0.1, -0.05) is 6.58 Å². The fourth-order valence-electron chi connectivity index (χ4n) is 0.149. The number of hydrogen-bond donors (Lipinski definition) is 3. The van der Waals surface area contributed by atoms with E-state index in [4.69, 9.17) is 11.7 Å². The SMILES string of the molecule is C=C/C(=N/N)NN. The second kappa shape index (κ2) is 3.17. The van der Waals surface area contributed by atoms with Crippen LogP contribution in [0.25, 0.3) is 0 Å². The van der Waals surface area contributed by atoms with Crippen molar-refractivity contribution in [1.29, 1.82) is 0 Å². The minimum atomic E-state index is 0.375. The zero-order valence-corrected chi connectivity index (χ0v) is 3.89. The molecular weight excluding hydrogens is 92.1 g/mol. The van der Waals surface area contributed by atoms with Gasteiger partial charge in [-0.3, -0.25) is 0 Å². The summed E-state index contributed by atoms with van der Waals surface area (Å²) < 4.78 is 0. The molecular formula is C3H8N4. The third-order valence-electron chi connectivity index (χ3n) is 0.480. The van der Waals surface area contributed by atoms with Crippen LogP contribution in [-0.4, -0.2) is 5.84 Å². The normalized spacial score (nSPS) is 10.7. The van der Waals surface area contributed by atoms with Gasteiger partial charge in [-0.15, -0.1) is 0 Å². The lowest BCUT2D eigenvalue weighted by atomic mass is 10.6. The second-order valence-electron chi connectivity index (χ2n) is 0.863. The molecule has 0 rings (SSSR count). The van der Waals surface area contributed by atoms with Gasteiger partial charge in [-0.25, -0.2) is 5.84 Å². The molecule has 0 spiro atoms. The molecule has 0 aliphatic rings. The minimum absolute atomic E-state index is 0.375. The number of hydrazine groups is 1. The zero-order valence-electron chi connectivity index (χ0n) is 3.89. The van der Waals surface area contributed by atoms with Gasteiger partial charge >= 0.3 is 0 Å². The van der Waals surface area contributed by atoms with E-state index in [-0.39, 0.29) is 0 Å². The smallest absolute Gasteiger partial charge is 0.158 e. The molecule has 0 atom stereocenters. The van der Waals surface area contributed by atoms with E-state index in [0.29, 0.717) is 5.84 Å². The second-order valence-corrected chi connectivity index (χ2v) is 0.863. The number of rotatable bonds is 1. The Hall–Kier alpha value is -1.03. The maximum Gasteiger partial charge on any atom is 0.158 e. The highest BCUT2D eigenvalue weighted by Crippen LogP contribution is 1.61. The number of amidine groups is 1. The van der Waals surface area contributed by atoms with Crippen molar-refractivity contribution in [3.8, 4) is 0 Å². The summed E-state index contributed by atoms with van der Waals surface area (Å²) in [4.78, 5) is 0. The quantitative estimate of drug-likeness (QED) is 0.169. The van der Waals surface area contributed by atoms with E-state index in [0.717, 1.165) is 0 Å². The van der Waals surface area contributed by atoms with Crippen LogP contribution in [0.5, 0.6) is 0 Å². The molecule has 0 aliphatic heterocycles. The first-order chi connectivity index (χ1) is 3.35. The van der Waals surface area contributed by atoms with Gasteiger partial charge in [-0.05, 0) is 6.08 Å². The van der Waals surface area contributed by atoms with Crippen LogP contribution in [-0.2, 0) is 0 Å². The Labute approximate surface area is 41.8 Å². The first-order valence-corrected chi connectivity index (χ1v) is 1.72. The Morgan fingerprint density at radius 3 is 2.43 bits per heavy atom. The number of nitrogens with one attached hydrogen (secondary N) is 1. The maximum atomic E-state index is 4.86. The lowest BCUT2D eigenvalue weighted by Gasteiger charge is -1.91. The third kappa shape index (κ3) is 1.77. The van der Waals surface area contributed by atoms with Gasteiger partial charge in [0.1, 0.15) is 0 Å². The molecule has 0 radical (unpaired) electrons. The van der Waals surface area contributed by atoms with Crippen LogP contribution in [0, 0.1) is 0 Å². The van der Waals surface area contributed by atoms with Crippen molar-refractivity contribution in [1.82, 2.24) is 5.43 Å². The summed E-state index contributed by atoms with van der Waals surface area (Å²) in [7, 11) is 0. The Balaban J connectivity index is 3.60. The highest BCUT2D eigenvalue weighted by atomic mass is 15.3. The van der Waals surface area contributed by atoms with Crippen LogP contribution in [0.15, 0.2) is 17.8 Å². The summed E-state index contributed by atoms with van der Waals surface area (Å²) in [5.41, 5.74) is 2.21. The van der Waals surface area contributed by atoms with Crippen LogP contribution >= 0.6 is 0 Å². The molecule has 0 amide bonds. The summed E-state index contributed by atoms with van der Waals surface area (Å²) in [6.07, 6.45) is 1.42. The van der Waals surface area contributed by atoms with Crippen molar-refractivity contribution < 1.29 is 0 Å². The van der Waals surface area contributed by atoms with Gasteiger partial charge in [0, 0.05) is 0 Å². The highest BCUT2D eigenvalue weighted by Gasteiger charge is 1.78. The van der Waals surface area contributed by atoms with E-state index in [1.54, 1.807) is 0 Å². The summed E-state index contributed by atoms with van der Waals surface area (Å²) in [6, 6.07) is 0. The highest BCUT2D eigenvalue weighted by molar-refractivity contribution is 5.91. The molecule has 0 aromatic rings. The number of hydrazone groups is 1. The van der Waals surface area contributed by atoms with Crippen LogP contribution in [0.2, 0.25) is 0 Å². The van der Waals surface area contributed by atoms with E-state index in [2.05, 4.69) is 17.1 Å². The van der Waals surface area contributed by atoms with E-state index in [9.17, 15) is 0 Å². The van der Waals surface area contributed by atoms with Gasteiger partial charge in [-0.2, -0.15) is 5.10 Å². The number of nitrogens with two attached hydrogens (primary N) is 2. The van der Waals surface area contributed by atoms with Crippen molar-refractivity contribution in [3.05, 3.63) is 12.7 Å². The Morgan fingerprint density at radius 1 is 1.86 bits per heavy atom. The maximum absolute atomic E-state index is 4.86. The monoisotopic (exact) mass is 100 g/mol. The molecule has 4 nitrogen and oxygen atoms in total. The Bertz CT molecular complexity index is 84.9. The lowest BCUT2D eigenvalue weighted by Crippen LogP contribution is -2.29. The Kier molecular flexibility index (Phi) is 2.70. The minimum Gasteiger partial charge on any atom is -0.321 e. The lowest BCUT2D eigenvalue weighted by molar-refractivity contribution is 1.01. The van der Waals surface area contributed by atoms with E-state index >= 15 is 0 Å². The number of nitrogens with zero attached hydrogens (tertiary/aromatic N) is 1. The van der Waals surface area contributed by atoms with Gasteiger partial charge in [0.15, 0.2) is 5.84 Å². The van der Waals surface area contributed by atoms with Crippen molar-refractivity contribution in [2.45, 2.75) is 0 Å². The molecule has 0 saturated carbocycles. The van der Waals surface area contributed by atoms with E-state index < -0.39 is 0 Å². The van der Waals surface area contributed by atoms with E-state index in [1.807, 2.05) is 0 Å². The standard InChI is InChI=1S/C3H8N4/c1-2-3(6-4)7-5/h2H,1,4-5H2,(H,6,7). The van der Waals surface area contributed by atoms with Gasteiger partial charge in [0.05, 0.1) is 0 Å². The Morgan fingerprint density at radius 2 is 2.43 bits per heavy atom. The van der Waals surface area contributed by atoms with Crippen molar-refractivity contribution in [2.75, 3.05) is 0 Å². The third-order valence-corrected chi connectivity index (χ3v) is 0.480. The summed E-state index contributed by atoms with van der Waals surface area (Å²) in [6.45, 7) is 3.35. The van der Waals surface area contributed by atoms with Gasteiger partial charge in [0.25, 0.3) is 0 Å². The van der Waals surface area contributed by atoms with Crippen LogP contribution in [0.4, 0.5) is 0 Å². The zero-order chi connectivity index (χ0) is 5.70. The van der Waals surface area contributed by atoms with Crippen LogP contribution in [0.1, 0.15) is 0 Å². The molecule has 0 bridgehead atoms. The molecule has 0 aromatic carbocycles. The van der Waals surface area contributed by atoms with Crippen molar-refractivity contribution in [2.24, 2.45) is 16.8 Å². The fraction of sp³-hybridized carbons (Fsp3) is 0. The van der Waals surface area contributed by atoms with Crippen molar-refractivity contribution in [3.63, 3.8) is 0 Å². The topological polar surface area (TPSA) is 76.4 Å². The van der Waals surface area contributed by atoms with Crippen LogP contribution in [0.3, 0.4) is 0 Å². The van der Waals surface area contributed by atoms with Crippen LogP contribution < -0.4 is 17.1 Å². The predicted molar refractivity (Wildman–Crippen MR) is 29.1 cm³/mol. The first-order valence-electron chi connectivity index (χ1n) is 1.72. The van der Waals surface area contributed by atoms with Crippen molar-refractivity contribution >= 4 is 5.84 Å². The molecule has 40 valence electrons. The number of hydrogen-bond acceptors (Lipinski definition) is 3. The molecule has 0 aromatic heterocycles. The average Bonchev–Trinajstić information content (AvgIpc) is 1.72. The molecule has 5 N–H and O–H groups in total. The molecule has 4 heteroatoms. The average molecular weight is 100 g/mol. The first kappa shape index (κ1) is 5.97. The molecule has 7 heavy (non-hydrogen) atoms. The molecule has 0 fully saturated rings. The van der Waals surface area contributed by atoms with Gasteiger partial charge < -0.3 is 11.3 Å². The fourth-order valence-corrected chi connectivity index (χ4v) is 0.149. The molecule has 0 aliphatic carbocycles. The largest absolute Gasteiger partial charge is 0.321 e. The molecule has 0 heterocycles. The summed E-state index contributed by atoms with van der Waals surface area (Å²) in [5, 5.41) is 3.19. The van der Waals surface area contributed by atoms with Gasteiger partial charge in [0.2, 0.25) is 0 Å².